The Morgan fingerprint density at radius 2 is 1.64 bits per heavy atom. The molecule has 1 N–H and O–H groups in total. The molecule has 33 heavy (non-hydrogen) atoms. The van der Waals surface area contributed by atoms with Gasteiger partial charge in [0, 0.05) is 29.5 Å². The molecule has 0 amide bonds. The molecule has 0 unspecified atom stereocenters. The number of benzene rings is 2. The van der Waals surface area contributed by atoms with Gasteiger partial charge in [0.1, 0.15) is 11.8 Å². The van der Waals surface area contributed by atoms with E-state index >= 15 is 0 Å². The maximum absolute atomic E-state index is 5.86. The highest BCUT2D eigenvalue weighted by molar-refractivity contribution is 7.80. The second-order valence-electron chi connectivity index (χ2n) is 8.30. The van der Waals surface area contributed by atoms with E-state index in [-0.39, 0.29) is 18.2 Å². The molecule has 6 heteroatoms. The molecule has 1 aliphatic rings. The summed E-state index contributed by atoms with van der Waals surface area (Å²) in [6.45, 7) is 4.05. The molecule has 5 nitrogen and oxygen atoms in total. The third-order valence-electron chi connectivity index (χ3n) is 5.70. The van der Waals surface area contributed by atoms with Crippen molar-refractivity contribution in [2.45, 2.75) is 32.0 Å². The van der Waals surface area contributed by atoms with Crippen LogP contribution in [0.1, 0.15) is 37.3 Å². The first-order chi connectivity index (χ1) is 16.1. The fraction of sp³-hybridized carbons (Fsp3) is 0.185. The van der Waals surface area contributed by atoms with Crippen molar-refractivity contribution < 1.29 is 4.74 Å². The number of nitrogens with zero attached hydrogens (tertiary/aromatic N) is 3. The van der Waals surface area contributed by atoms with Crippen molar-refractivity contribution in [1.29, 1.82) is 0 Å². The Morgan fingerprint density at radius 3 is 2.33 bits per heavy atom. The summed E-state index contributed by atoms with van der Waals surface area (Å²) in [5, 5.41) is 4.21. The number of rotatable bonds is 6. The van der Waals surface area contributed by atoms with E-state index in [1.807, 2.05) is 56.4 Å². The summed E-state index contributed by atoms with van der Waals surface area (Å²) in [4.78, 5) is 6.84. The largest absolute Gasteiger partial charge is 0.491 e. The van der Waals surface area contributed by atoms with Gasteiger partial charge in [0.15, 0.2) is 5.11 Å². The number of aromatic nitrogens is 2. The molecule has 0 saturated carbocycles. The van der Waals surface area contributed by atoms with Crippen LogP contribution in [0.2, 0.25) is 0 Å². The minimum Gasteiger partial charge on any atom is -0.491 e. The van der Waals surface area contributed by atoms with E-state index in [0.717, 1.165) is 28.5 Å². The molecule has 0 radical (unpaired) electrons. The molecular weight excluding hydrogens is 428 g/mol. The first kappa shape index (κ1) is 21.2. The Hall–Kier alpha value is -3.64. The van der Waals surface area contributed by atoms with E-state index in [4.69, 9.17) is 17.0 Å². The summed E-state index contributed by atoms with van der Waals surface area (Å²) in [5.41, 5.74) is 4.20. The van der Waals surface area contributed by atoms with Crippen molar-refractivity contribution in [2.75, 3.05) is 4.90 Å². The third-order valence-corrected chi connectivity index (χ3v) is 6.02. The van der Waals surface area contributed by atoms with Crippen molar-refractivity contribution >= 4 is 23.0 Å². The van der Waals surface area contributed by atoms with Crippen molar-refractivity contribution in [3.63, 3.8) is 0 Å². The van der Waals surface area contributed by atoms with Crippen LogP contribution in [0.4, 0.5) is 5.69 Å². The van der Waals surface area contributed by atoms with Crippen LogP contribution < -0.4 is 15.0 Å². The van der Waals surface area contributed by atoms with Crippen molar-refractivity contribution in [3.05, 3.63) is 109 Å². The molecule has 4 aromatic rings. The van der Waals surface area contributed by atoms with Crippen LogP contribution in [-0.4, -0.2) is 20.8 Å². The van der Waals surface area contributed by atoms with E-state index < -0.39 is 0 Å². The average molecular weight is 455 g/mol. The first-order valence-electron chi connectivity index (χ1n) is 11.1. The van der Waals surface area contributed by atoms with E-state index in [1.165, 1.54) is 0 Å². The number of hydrogen-bond donors (Lipinski definition) is 1. The maximum Gasteiger partial charge on any atom is 0.174 e. The minimum absolute atomic E-state index is 0.0838. The summed E-state index contributed by atoms with van der Waals surface area (Å²) >= 11 is 5.86. The molecule has 1 aliphatic heterocycles. The lowest BCUT2D eigenvalue weighted by Crippen LogP contribution is -2.30. The second-order valence-corrected chi connectivity index (χ2v) is 8.68. The minimum atomic E-state index is -0.0948. The number of ether oxygens (including phenoxy) is 1. The molecule has 0 aliphatic carbocycles. The predicted octanol–water partition coefficient (Wildman–Crippen LogP) is 5.84. The first-order valence-corrected chi connectivity index (χ1v) is 11.5. The highest BCUT2D eigenvalue weighted by Gasteiger charge is 2.42. The zero-order chi connectivity index (χ0) is 22.8. The molecule has 166 valence electrons. The van der Waals surface area contributed by atoms with Crippen LogP contribution in [0.5, 0.6) is 5.75 Å². The lowest BCUT2D eigenvalue weighted by Gasteiger charge is -2.29. The Balaban J connectivity index is 1.60. The van der Waals surface area contributed by atoms with Gasteiger partial charge in [-0.1, -0.05) is 24.3 Å². The van der Waals surface area contributed by atoms with Gasteiger partial charge in [-0.25, -0.2) is 0 Å². The number of anilines is 1. The highest BCUT2D eigenvalue weighted by Crippen LogP contribution is 2.42. The van der Waals surface area contributed by atoms with E-state index in [0.29, 0.717) is 5.11 Å². The molecule has 0 bridgehead atoms. The lowest BCUT2D eigenvalue weighted by atomic mass is 10.0. The second kappa shape index (κ2) is 9.08. The zero-order valence-electron chi connectivity index (χ0n) is 18.6. The maximum atomic E-state index is 5.86. The van der Waals surface area contributed by atoms with E-state index in [1.54, 1.807) is 0 Å². The lowest BCUT2D eigenvalue weighted by molar-refractivity contribution is 0.242. The monoisotopic (exact) mass is 454 g/mol. The molecule has 2 atom stereocenters. The van der Waals surface area contributed by atoms with E-state index in [9.17, 15) is 0 Å². The predicted molar refractivity (Wildman–Crippen MR) is 136 cm³/mol. The van der Waals surface area contributed by atoms with Crippen LogP contribution in [0, 0.1) is 0 Å². The summed E-state index contributed by atoms with van der Waals surface area (Å²) < 4.78 is 8.07. The van der Waals surface area contributed by atoms with E-state index in [2.05, 4.69) is 74.5 Å². The van der Waals surface area contributed by atoms with Gasteiger partial charge in [-0.3, -0.25) is 4.98 Å². The van der Waals surface area contributed by atoms with Gasteiger partial charge in [-0.15, -0.1) is 0 Å². The van der Waals surface area contributed by atoms with Gasteiger partial charge < -0.3 is 19.5 Å². The quantitative estimate of drug-likeness (QED) is 0.371. The van der Waals surface area contributed by atoms with Gasteiger partial charge in [0.05, 0.1) is 17.8 Å². The van der Waals surface area contributed by atoms with Crippen LogP contribution in [0.15, 0.2) is 97.3 Å². The van der Waals surface area contributed by atoms with Crippen LogP contribution in [0.3, 0.4) is 0 Å². The fourth-order valence-corrected chi connectivity index (χ4v) is 4.70. The summed E-state index contributed by atoms with van der Waals surface area (Å²) in [7, 11) is 0. The van der Waals surface area contributed by atoms with Crippen molar-refractivity contribution in [2.24, 2.45) is 0 Å². The molecule has 5 rings (SSSR count). The summed E-state index contributed by atoms with van der Waals surface area (Å²) in [6.07, 6.45) is 4.05. The Labute approximate surface area is 199 Å². The Bertz CT molecular complexity index is 1220. The molecule has 0 spiro atoms. The average Bonchev–Trinajstić information content (AvgIpc) is 3.45. The number of thiocarbonyl (C=S) groups is 1. The summed E-state index contributed by atoms with van der Waals surface area (Å²) in [6, 6.07) is 28.6. The number of hydrogen-bond acceptors (Lipinski definition) is 3. The topological polar surface area (TPSA) is 42.3 Å². The van der Waals surface area contributed by atoms with Gasteiger partial charge in [0.2, 0.25) is 0 Å². The van der Waals surface area contributed by atoms with Crippen LogP contribution >= 0.6 is 12.2 Å². The molecule has 2 aromatic carbocycles. The Kier molecular flexibility index (Phi) is 5.84. The molecule has 1 fully saturated rings. The normalized spacial score (nSPS) is 17.9. The summed E-state index contributed by atoms with van der Waals surface area (Å²) in [5.74, 6) is 0.845. The standard InChI is InChI=1S/C27H26N4OS/c1-19(2)32-22-15-13-21(14-16-22)31-26(25(29-27(31)33)23-11-6-7-17-28-23)24-12-8-18-30(24)20-9-4-3-5-10-20/h3-19,25-26H,1-2H3,(H,29,33)/t25-,26-/m0/s1. The van der Waals surface area contributed by atoms with Gasteiger partial charge in [-0.2, -0.15) is 0 Å². The molecular formula is C27H26N4OS. The molecule has 2 aromatic heterocycles. The van der Waals surface area contributed by atoms with Crippen LogP contribution in [0.25, 0.3) is 5.69 Å². The number of para-hydroxylation sites is 1. The van der Waals surface area contributed by atoms with Crippen molar-refractivity contribution in [1.82, 2.24) is 14.9 Å². The molecule has 1 saturated heterocycles. The Morgan fingerprint density at radius 1 is 0.879 bits per heavy atom. The van der Waals surface area contributed by atoms with Gasteiger partial charge in [0.25, 0.3) is 0 Å². The zero-order valence-corrected chi connectivity index (χ0v) is 19.4. The smallest absolute Gasteiger partial charge is 0.174 e. The fourth-order valence-electron chi connectivity index (χ4n) is 4.35. The SMILES string of the molecule is CC(C)Oc1ccc(N2C(=S)N[C@@H](c3ccccn3)[C@@H]2c2cccn2-c2ccccc2)cc1. The number of nitrogens with one attached hydrogen (secondary N) is 1. The van der Waals surface area contributed by atoms with Gasteiger partial charge >= 0.3 is 0 Å². The highest BCUT2D eigenvalue weighted by atomic mass is 32.1. The van der Waals surface area contributed by atoms with Crippen molar-refractivity contribution in [3.8, 4) is 11.4 Å². The van der Waals surface area contributed by atoms with Gasteiger partial charge in [-0.05, 0) is 86.7 Å². The third kappa shape index (κ3) is 4.22. The number of pyridine rings is 1. The van der Waals surface area contributed by atoms with Crippen LogP contribution in [-0.2, 0) is 0 Å². The molecule has 3 heterocycles.